The van der Waals surface area contributed by atoms with Gasteiger partial charge in [0, 0.05) is 6.54 Å². The molecule has 0 saturated carbocycles. The van der Waals surface area contributed by atoms with Crippen LogP contribution in [0, 0.1) is 11.7 Å². The number of aromatic hydroxyl groups is 1. The molecule has 2 unspecified atom stereocenters. The highest BCUT2D eigenvalue weighted by molar-refractivity contribution is 5.97. The second-order valence-corrected chi connectivity index (χ2v) is 4.77. The fourth-order valence-electron chi connectivity index (χ4n) is 2.48. The van der Waals surface area contributed by atoms with Gasteiger partial charge >= 0.3 is 5.97 Å². The first kappa shape index (κ1) is 15.2. The number of rotatable bonds is 4. The summed E-state index contributed by atoms with van der Waals surface area (Å²) < 4.78 is 18.9. The first-order chi connectivity index (χ1) is 9.97. The van der Waals surface area contributed by atoms with Crippen molar-refractivity contribution in [3.63, 3.8) is 0 Å². The van der Waals surface area contributed by atoms with Crippen LogP contribution in [0.5, 0.6) is 5.75 Å². The van der Waals surface area contributed by atoms with Gasteiger partial charge < -0.3 is 19.8 Å². The molecule has 1 amide bonds. The molecule has 21 heavy (non-hydrogen) atoms. The molecule has 2 N–H and O–H groups in total. The van der Waals surface area contributed by atoms with Crippen LogP contribution in [-0.2, 0) is 9.53 Å². The number of carbonyl (C=O) groups is 2. The van der Waals surface area contributed by atoms with Gasteiger partial charge in [-0.3, -0.25) is 9.59 Å². The molecule has 1 aliphatic heterocycles. The Hall–Kier alpha value is -2.15. The molecule has 1 aliphatic rings. The van der Waals surface area contributed by atoms with Crippen molar-refractivity contribution in [1.29, 1.82) is 0 Å². The molecule has 114 valence electrons. The standard InChI is InChI=1S/C14H16FNO5/c1-2-16(10-7-21-6-8(10)14(19)20)13(18)12-9(15)4-3-5-11(12)17/h3-5,8,10,17H,2,6-7H2,1H3,(H,19,20). The van der Waals surface area contributed by atoms with Crippen molar-refractivity contribution in [2.24, 2.45) is 5.92 Å². The maximum Gasteiger partial charge on any atom is 0.311 e. The summed E-state index contributed by atoms with van der Waals surface area (Å²) in [6, 6.07) is 2.89. The summed E-state index contributed by atoms with van der Waals surface area (Å²) >= 11 is 0. The Morgan fingerprint density at radius 1 is 1.43 bits per heavy atom. The maximum atomic E-state index is 13.8. The average Bonchev–Trinajstić information content (AvgIpc) is 2.88. The SMILES string of the molecule is CCN(C(=O)c1c(O)cccc1F)C1COCC1C(=O)O. The van der Waals surface area contributed by atoms with Gasteiger partial charge in [-0.1, -0.05) is 6.07 Å². The van der Waals surface area contributed by atoms with Gasteiger partial charge in [-0.2, -0.15) is 0 Å². The number of benzene rings is 1. The first-order valence-electron chi connectivity index (χ1n) is 6.56. The van der Waals surface area contributed by atoms with Crippen molar-refractivity contribution < 1.29 is 28.9 Å². The lowest BCUT2D eigenvalue weighted by Gasteiger charge is -2.29. The summed E-state index contributed by atoms with van der Waals surface area (Å²) in [4.78, 5) is 24.9. The Balaban J connectivity index is 2.33. The fourth-order valence-corrected chi connectivity index (χ4v) is 2.48. The zero-order valence-electron chi connectivity index (χ0n) is 11.5. The van der Waals surface area contributed by atoms with Crippen LogP contribution in [0.15, 0.2) is 18.2 Å². The predicted molar refractivity (Wildman–Crippen MR) is 70.5 cm³/mol. The maximum absolute atomic E-state index is 13.8. The van der Waals surface area contributed by atoms with Gasteiger partial charge in [0.25, 0.3) is 5.91 Å². The molecule has 1 saturated heterocycles. The lowest BCUT2D eigenvalue weighted by molar-refractivity contribution is -0.142. The van der Waals surface area contributed by atoms with Gasteiger partial charge in [0.05, 0.1) is 19.3 Å². The normalized spacial score (nSPS) is 21.2. The van der Waals surface area contributed by atoms with E-state index in [1.807, 2.05) is 0 Å². The van der Waals surface area contributed by atoms with E-state index in [2.05, 4.69) is 0 Å². The molecule has 1 aromatic rings. The number of halogens is 1. The van der Waals surface area contributed by atoms with Crippen molar-refractivity contribution in [1.82, 2.24) is 4.90 Å². The highest BCUT2D eigenvalue weighted by Crippen LogP contribution is 2.26. The molecule has 0 aliphatic carbocycles. The van der Waals surface area contributed by atoms with Gasteiger partial charge in [-0.25, -0.2) is 4.39 Å². The number of likely N-dealkylation sites (N-methyl/N-ethyl adjacent to an activating group) is 1. The Labute approximate surface area is 120 Å². The minimum atomic E-state index is -1.07. The minimum Gasteiger partial charge on any atom is -0.507 e. The monoisotopic (exact) mass is 297 g/mol. The van der Waals surface area contributed by atoms with E-state index in [0.29, 0.717) is 0 Å². The predicted octanol–water partition coefficient (Wildman–Crippen LogP) is 1.09. The third-order valence-corrected chi connectivity index (χ3v) is 3.58. The molecule has 0 bridgehead atoms. The van der Waals surface area contributed by atoms with Crippen LogP contribution >= 0.6 is 0 Å². The van der Waals surface area contributed by atoms with Crippen molar-refractivity contribution >= 4 is 11.9 Å². The quantitative estimate of drug-likeness (QED) is 0.869. The van der Waals surface area contributed by atoms with Crippen molar-refractivity contribution in [2.45, 2.75) is 13.0 Å². The van der Waals surface area contributed by atoms with E-state index in [1.54, 1.807) is 6.92 Å². The first-order valence-corrected chi connectivity index (χ1v) is 6.56. The van der Waals surface area contributed by atoms with Gasteiger partial charge in [-0.15, -0.1) is 0 Å². The highest BCUT2D eigenvalue weighted by Gasteiger charge is 2.40. The summed E-state index contributed by atoms with van der Waals surface area (Å²) in [5.41, 5.74) is -0.449. The number of carboxylic acid groups (broad SMARTS) is 1. The number of nitrogens with zero attached hydrogens (tertiary/aromatic N) is 1. The summed E-state index contributed by atoms with van der Waals surface area (Å²) in [6.07, 6.45) is 0. The van der Waals surface area contributed by atoms with Crippen LogP contribution in [0.1, 0.15) is 17.3 Å². The molecule has 7 heteroatoms. The third-order valence-electron chi connectivity index (χ3n) is 3.58. The van der Waals surface area contributed by atoms with Crippen LogP contribution in [0.3, 0.4) is 0 Å². The van der Waals surface area contributed by atoms with Crippen LogP contribution < -0.4 is 0 Å². The lowest BCUT2D eigenvalue weighted by atomic mass is 10.0. The van der Waals surface area contributed by atoms with E-state index in [1.165, 1.54) is 17.0 Å². The van der Waals surface area contributed by atoms with E-state index < -0.39 is 41.0 Å². The molecule has 0 radical (unpaired) electrons. The van der Waals surface area contributed by atoms with E-state index in [9.17, 15) is 19.1 Å². The molecule has 1 fully saturated rings. The van der Waals surface area contributed by atoms with Crippen molar-refractivity contribution in [3.8, 4) is 5.75 Å². The molecule has 2 atom stereocenters. The van der Waals surface area contributed by atoms with E-state index in [0.717, 1.165) is 6.07 Å². The molecule has 2 rings (SSSR count). The minimum absolute atomic E-state index is 0.00698. The summed E-state index contributed by atoms with van der Waals surface area (Å²) in [5.74, 6) is -3.98. The van der Waals surface area contributed by atoms with Crippen LogP contribution in [-0.4, -0.2) is 52.8 Å². The largest absolute Gasteiger partial charge is 0.507 e. The number of phenolic OH excluding ortho intramolecular Hbond substituents is 1. The zero-order chi connectivity index (χ0) is 15.6. The number of amides is 1. The molecule has 0 aromatic heterocycles. The van der Waals surface area contributed by atoms with Gasteiger partial charge in [0.1, 0.15) is 23.0 Å². The number of hydrogen-bond acceptors (Lipinski definition) is 4. The second kappa shape index (κ2) is 6.09. The van der Waals surface area contributed by atoms with Crippen LogP contribution in [0.4, 0.5) is 4.39 Å². The highest BCUT2D eigenvalue weighted by atomic mass is 19.1. The van der Waals surface area contributed by atoms with Gasteiger partial charge in [0.15, 0.2) is 0 Å². The lowest BCUT2D eigenvalue weighted by Crippen LogP contribution is -2.46. The van der Waals surface area contributed by atoms with Crippen molar-refractivity contribution in [2.75, 3.05) is 19.8 Å². The molecular formula is C14H16FNO5. The Morgan fingerprint density at radius 2 is 2.14 bits per heavy atom. The molecular weight excluding hydrogens is 281 g/mol. The topological polar surface area (TPSA) is 87.1 Å². The number of carboxylic acids is 1. The van der Waals surface area contributed by atoms with Crippen LogP contribution in [0.25, 0.3) is 0 Å². The third kappa shape index (κ3) is 2.82. The zero-order valence-corrected chi connectivity index (χ0v) is 11.5. The summed E-state index contributed by atoms with van der Waals surface area (Å²) in [7, 11) is 0. The van der Waals surface area contributed by atoms with Gasteiger partial charge in [0.2, 0.25) is 0 Å². The van der Waals surface area contributed by atoms with E-state index in [-0.39, 0.29) is 19.8 Å². The molecule has 6 nitrogen and oxygen atoms in total. The Bertz CT molecular complexity index is 542. The van der Waals surface area contributed by atoms with Crippen molar-refractivity contribution in [3.05, 3.63) is 29.6 Å². The number of aliphatic carboxylic acids is 1. The van der Waals surface area contributed by atoms with Crippen LogP contribution in [0.2, 0.25) is 0 Å². The number of phenols is 1. The molecule has 1 aromatic carbocycles. The molecule has 1 heterocycles. The second-order valence-electron chi connectivity index (χ2n) is 4.77. The fraction of sp³-hybridized carbons (Fsp3) is 0.429. The number of carbonyl (C=O) groups excluding carboxylic acids is 1. The number of ether oxygens (including phenoxy) is 1. The summed E-state index contributed by atoms with van der Waals surface area (Å²) in [5, 5.41) is 18.8. The average molecular weight is 297 g/mol. The van der Waals surface area contributed by atoms with E-state index >= 15 is 0 Å². The Kier molecular flexibility index (Phi) is 4.42. The van der Waals surface area contributed by atoms with Gasteiger partial charge in [-0.05, 0) is 19.1 Å². The number of hydrogen-bond donors (Lipinski definition) is 2. The van der Waals surface area contributed by atoms with E-state index in [4.69, 9.17) is 9.84 Å². The molecule has 0 spiro atoms. The smallest absolute Gasteiger partial charge is 0.311 e. The Morgan fingerprint density at radius 3 is 2.71 bits per heavy atom. The summed E-state index contributed by atoms with van der Waals surface area (Å²) in [6.45, 7) is 1.93.